The van der Waals surface area contributed by atoms with Crippen molar-refractivity contribution in [2.45, 2.75) is 39.4 Å². The molecule has 0 saturated heterocycles. The van der Waals surface area contributed by atoms with Crippen molar-refractivity contribution in [3.63, 3.8) is 0 Å². The summed E-state index contributed by atoms with van der Waals surface area (Å²) in [4.78, 5) is 14.5. The van der Waals surface area contributed by atoms with Gasteiger partial charge in [0.1, 0.15) is 5.82 Å². The molecule has 1 aromatic heterocycles. The standard InChI is InChI=1S/C17H23BrN4O/c1-12(2)22-16(9-10-19-22)20-17(23)13(3)21(4)11-14-5-7-15(18)8-6-14/h5-10,12-13H,11H2,1-4H3,(H,20,23)/t13-/m0/s1. The molecule has 2 aromatic rings. The normalized spacial score (nSPS) is 12.7. The van der Waals surface area contributed by atoms with Gasteiger partial charge in [-0.3, -0.25) is 9.69 Å². The molecule has 0 fully saturated rings. The zero-order valence-electron chi connectivity index (χ0n) is 14.0. The molecule has 6 heteroatoms. The van der Waals surface area contributed by atoms with Gasteiger partial charge in [-0.05, 0) is 45.5 Å². The van der Waals surface area contributed by atoms with Gasteiger partial charge in [0.05, 0.1) is 12.2 Å². The molecule has 1 aromatic carbocycles. The van der Waals surface area contributed by atoms with Crippen LogP contribution in [0.25, 0.3) is 0 Å². The lowest BCUT2D eigenvalue weighted by Crippen LogP contribution is -2.39. The highest BCUT2D eigenvalue weighted by Gasteiger charge is 2.20. The Bertz CT molecular complexity index is 651. The number of nitrogens with one attached hydrogen (secondary N) is 1. The van der Waals surface area contributed by atoms with E-state index < -0.39 is 0 Å². The Hall–Kier alpha value is -1.66. The molecule has 1 heterocycles. The summed E-state index contributed by atoms with van der Waals surface area (Å²) in [5, 5.41) is 7.19. The second-order valence-electron chi connectivity index (χ2n) is 5.96. The van der Waals surface area contributed by atoms with Crippen LogP contribution in [0.5, 0.6) is 0 Å². The van der Waals surface area contributed by atoms with E-state index in [2.05, 4.69) is 38.5 Å². The third-order valence-electron chi connectivity index (χ3n) is 3.80. The zero-order chi connectivity index (χ0) is 17.0. The van der Waals surface area contributed by atoms with Crippen LogP contribution in [0.3, 0.4) is 0 Å². The minimum atomic E-state index is -0.242. The highest BCUT2D eigenvalue weighted by Crippen LogP contribution is 2.15. The Morgan fingerprint density at radius 1 is 1.26 bits per heavy atom. The minimum absolute atomic E-state index is 0.0352. The van der Waals surface area contributed by atoms with Crippen molar-refractivity contribution in [1.82, 2.24) is 14.7 Å². The third kappa shape index (κ3) is 4.65. The molecule has 5 nitrogen and oxygen atoms in total. The topological polar surface area (TPSA) is 50.2 Å². The smallest absolute Gasteiger partial charge is 0.242 e. The van der Waals surface area contributed by atoms with Crippen LogP contribution >= 0.6 is 15.9 Å². The van der Waals surface area contributed by atoms with Gasteiger partial charge in [0, 0.05) is 23.1 Å². The Kier molecular flexibility index (Phi) is 5.96. The van der Waals surface area contributed by atoms with Crippen molar-refractivity contribution in [3.05, 3.63) is 46.6 Å². The van der Waals surface area contributed by atoms with Gasteiger partial charge >= 0.3 is 0 Å². The van der Waals surface area contributed by atoms with E-state index in [0.717, 1.165) is 10.3 Å². The summed E-state index contributed by atoms with van der Waals surface area (Å²) >= 11 is 3.43. The van der Waals surface area contributed by atoms with E-state index in [-0.39, 0.29) is 18.0 Å². The van der Waals surface area contributed by atoms with Crippen LogP contribution in [0, 0.1) is 0 Å². The molecule has 0 aliphatic carbocycles. The second-order valence-corrected chi connectivity index (χ2v) is 6.88. The van der Waals surface area contributed by atoms with Gasteiger partial charge in [-0.1, -0.05) is 28.1 Å². The first kappa shape index (κ1) is 17.7. The average Bonchev–Trinajstić information content (AvgIpc) is 2.97. The van der Waals surface area contributed by atoms with Crippen LogP contribution in [-0.4, -0.2) is 33.7 Å². The minimum Gasteiger partial charge on any atom is -0.310 e. The molecule has 0 aliphatic rings. The number of rotatable bonds is 6. The Morgan fingerprint density at radius 2 is 1.91 bits per heavy atom. The number of carbonyl (C=O) groups excluding carboxylic acids is 1. The van der Waals surface area contributed by atoms with Crippen LogP contribution in [0.1, 0.15) is 32.4 Å². The molecular weight excluding hydrogens is 356 g/mol. The molecule has 0 aliphatic heterocycles. The summed E-state index contributed by atoms with van der Waals surface area (Å²) in [6.45, 7) is 6.69. The van der Waals surface area contributed by atoms with E-state index >= 15 is 0 Å². The number of halogens is 1. The second kappa shape index (κ2) is 7.75. The molecule has 0 bridgehead atoms. The van der Waals surface area contributed by atoms with Gasteiger partial charge in [0.15, 0.2) is 0 Å². The van der Waals surface area contributed by atoms with Crippen molar-refractivity contribution in [1.29, 1.82) is 0 Å². The van der Waals surface area contributed by atoms with Gasteiger partial charge in [0.25, 0.3) is 0 Å². The summed E-state index contributed by atoms with van der Waals surface area (Å²) in [5.41, 5.74) is 1.17. The molecule has 0 radical (unpaired) electrons. The fraction of sp³-hybridized carbons (Fsp3) is 0.412. The molecule has 124 valence electrons. The lowest BCUT2D eigenvalue weighted by Gasteiger charge is -2.24. The van der Waals surface area contributed by atoms with Crippen molar-refractivity contribution in [2.24, 2.45) is 0 Å². The Morgan fingerprint density at radius 3 is 2.52 bits per heavy atom. The van der Waals surface area contributed by atoms with E-state index in [4.69, 9.17) is 0 Å². The number of hydrogen-bond donors (Lipinski definition) is 1. The largest absolute Gasteiger partial charge is 0.310 e. The van der Waals surface area contributed by atoms with Gasteiger partial charge in [-0.15, -0.1) is 0 Å². The zero-order valence-corrected chi connectivity index (χ0v) is 15.5. The fourth-order valence-corrected chi connectivity index (χ4v) is 2.53. The Labute approximate surface area is 145 Å². The van der Waals surface area contributed by atoms with Crippen molar-refractivity contribution < 1.29 is 4.79 Å². The van der Waals surface area contributed by atoms with Crippen LogP contribution in [0.2, 0.25) is 0 Å². The monoisotopic (exact) mass is 378 g/mol. The van der Waals surface area contributed by atoms with E-state index in [1.807, 2.05) is 50.9 Å². The van der Waals surface area contributed by atoms with E-state index in [0.29, 0.717) is 6.54 Å². The van der Waals surface area contributed by atoms with Crippen LogP contribution < -0.4 is 5.32 Å². The highest BCUT2D eigenvalue weighted by atomic mass is 79.9. The van der Waals surface area contributed by atoms with Crippen LogP contribution in [0.4, 0.5) is 5.82 Å². The molecule has 1 N–H and O–H groups in total. The number of hydrogen-bond acceptors (Lipinski definition) is 3. The third-order valence-corrected chi connectivity index (χ3v) is 4.33. The SMILES string of the molecule is CC(C)n1nccc1NC(=O)[C@H](C)N(C)Cc1ccc(Br)cc1. The molecular formula is C17H23BrN4O. The summed E-state index contributed by atoms with van der Waals surface area (Å²) < 4.78 is 2.86. The fourth-order valence-electron chi connectivity index (χ4n) is 2.27. The van der Waals surface area contributed by atoms with Crippen LogP contribution in [-0.2, 0) is 11.3 Å². The number of benzene rings is 1. The lowest BCUT2D eigenvalue weighted by atomic mass is 10.2. The number of carbonyl (C=O) groups is 1. The summed E-state index contributed by atoms with van der Waals surface area (Å²) in [5.74, 6) is 0.695. The molecule has 1 amide bonds. The maximum absolute atomic E-state index is 12.5. The van der Waals surface area contributed by atoms with E-state index in [1.54, 1.807) is 10.9 Å². The predicted molar refractivity (Wildman–Crippen MR) is 96.3 cm³/mol. The first-order valence-electron chi connectivity index (χ1n) is 7.67. The van der Waals surface area contributed by atoms with Gasteiger partial charge in [0.2, 0.25) is 5.91 Å². The Balaban J connectivity index is 1.98. The number of likely N-dealkylation sites (N-methyl/N-ethyl adjacent to an activating group) is 1. The maximum atomic E-state index is 12.5. The summed E-state index contributed by atoms with van der Waals surface area (Å²) in [7, 11) is 1.95. The van der Waals surface area contributed by atoms with E-state index in [9.17, 15) is 4.79 Å². The summed E-state index contributed by atoms with van der Waals surface area (Å²) in [6.07, 6.45) is 1.70. The first-order valence-corrected chi connectivity index (χ1v) is 8.47. The molecule has 23 heavy (non-hydrogen) atoms. The molecule has 2 rings (SSSR count). The predicted octanol–water partition coefficient (Wildman–Crippen LogP) is 3.69. The van der Waals surface area contributed by atoms with Crippen molar-refractivity contribution >= 4 is 27.7 Å². The molecule has 0 spiro atoms. The van der Waals surface area contributed by atoms with E-state index in [1.165, 1.54) is 5.56 Å². The van der Waals surface area contributed by atoms with Gasteiger partial charge < -0.3 is 5.32 Å². The quantitative estimate of drug-likeness (QED) is 0.833. The van der Waals surface area contributed by atoms with Gasteiger partial charge in [-0.25, -0.2) is 4.68 Å². The number of nitrogens with zero attached hydrogens (tertiary/aromatic N) is 3. The molecule has 0 saturated carbocycles. The lowest BCUT2D eigenvalue weighted by molar-refractivity contribution is -0.120. The number of amides is 1. The molecule has 1 atom stereocenters. The van der Waals surface area contributed by atoms with Crippen molar-refractivity contribution in [3.8, 4) is 0 Å². The summed E-state index contributed by atoms with van der Waals surface area (Å²) in [6, 6.07) is 9.91. The van der Waals surface area contributed by atoms with Crippen molar-refractivity contribution in [2.75, 3.05) is 12.4 Å². The average molecular weight is 379 g/mol. The van der Waals surface area contributed by atoms with Crippen LogP contribution in [0.15, 0.2) is 41.0 Å². The van der Waals surface area contributed by atoms with Gasteiger partial charge in [-0.2, -0.15) is 5.10 Å². The number of anilines is 1. The first-order chi connectivity index (χ1) is 10.9. The number of aromatic nitrogens is 2. The highest BCUT2D eigenvalue weighted by molar-refractivity contribution is 9.10. The molecule has 0 unspecified atom stereocenters. The maximum Gasteiger partial charge on any atom is 0.242 e.